The molecule has 3 heterocycles. The van der Waals surface area contributed by atoms with Gasteiger partial charge in [-0.3, -0.25) is 14.6 Å². The number of oxazole rings is 1. The molecule has 0 aliphatic rings. The molecule has 7 heteroatoms. The second-order valence-electron chi connectivity index (χ2n) is 3.38. The first-order valence-electron chi connectivity index (χ1n) is 4.74. The van der Waals surface area contributed by atoms with E-state index in [0.717, 1.165) is 0 Å². The van der Waals surface area contributed by atoms with Gasteiger partial charge in [0.15, 0.2) is 5.89 Å². The summed E-state index contributed by atoms with van der Waals surface area (Å²) in [5.74, 6) is 1.24. The van der Waals surface area contributed by atoms with Crippen LogP contribution in [0.5, 0.6) is 0 Å². The van der Waals surface area contributed by atoms with Crippen molar-refractivity contribution in [2.45, 2.75) is 6.92 Å². The minimum atomic E-state index is 0. The molecular weight excluding hydrogens is 398 g/mol. The molecule has 89 valence electrons. The maximum Gasteiger partial charge on any atom is 0.179 e. The Morgan fingerprint density at radius 1 is 1.35 bits per heavy atom. The van der Waals surface area contributed by atoms with Crippen LogP contribution in [-0.2, 0) is 27.2 Å². The molecule has 0 bridgehead atoms. The number of hydrogen-bond acceptors (Lipinski definition) is 5. The van der Waals surface area contributed by atoms with E-state index in [0.29, 0.717) is 28.6 Å². The molecular formula is C10H8IrN5O-. The maximum atomic E-state index is 5.32. The van der Waals surface area contributed by atoms with Crippen LogP contribution in [-0.4, -0.2) is 24.7 Å². The molecule has 0 N–H and O–H groups in total. The van der Waals surface area contributed by atoms with Crippen LogP contribution in [0.25, 0.3) is 22.7 Å². The van der Waals surface area contributed by atoms with Gasteiger partial charge in [0.05, 0.1) is 11.4 Å². The van der Waals surface area contributed by atoms with Crippen LogP contribution < -0.4 is 0 Å². The van der Waals surface area contributed by atoms with Crippen molar-refractivity contribution in [3.8, 4) is 11.5 Å². The van der Waals surface area contributed by atoms with Crippen LogP contribution in [0.4, 0.5) is 0 Å². The monoisotopic (exact) mass is 407 g/mol. The van der Waals surface area contributed by atoms with E-state index in [-0.39, 0.29) is 20.1 Å². The Balaban J connectivity index is 0.00000108. The summed E-state index contributed by atoms with van der Waals surface area (Å²) < 4.78 is 6.96. The van der Waals surface area contributed by atoms with Gasteiger partial charge in [0.25, 0.3) is 0 Å². The van der Waals surface area contributed by atoms with Crippen molar-refractivity contribution in [1.82, 2.24) is 24.7 Å². The predicted octanol–water partition coefficient (Wildman–Crippen LogP) is 1.12. The van der Waals surface area contributed by atoms with Crippen molar-refractivity contribution in [3.05, 3.63) is 24.4 Å². The van der Waals surface area contributed by atoms with E-state index in [4.69, 9.17) is 4.42 Å². The van der Waals surface area contributed by atoms with E-state index < -0.39 is 0 Å². The first-order valence-corrected chi connectivity index (χ1v) is 4.74. The van der Waals surface area contributed by atoms with Crippen LogP contribution >= 0.6 is 0 Å². The average Bonchev–Trinajstić information content (AvgIpc) is 2.81. The van der Waals surface area contributed by atoms with Gasteiger partial charge in [-0.15, -0.1) is 12.1 Å². The molecule has 0 atom stereocenters. The first kappa shape index (κ1) is 11.9. The van der Waals surface area contributed by atoms with Crippen LogP contribution in [0.1, 0.15) is 5.89 Å². The Bertz CT molecular complexity index is 660. The fourth-order valence-corrected chi connectivity index (χ4v) is 1.50. The summed E-state index contributed by atoms with van der Waals surface area (Å²) in [5, 5.41) is 3.98. The average molecular weight is 406 g/mol. The molecule has 3 rings (SSSR count). The Morgan fingerprint density at radius 2 is 2.18 bits per heavy atom. The molecule has 0 fully saturated rings. The minimum absolute atomic E-state index is 0. The fourth-order valence-electron chi connectivity index (χ4n) is 1.50. The van der Waals surface area contributed by atoms with Crippen LogP contribution in [0.2, 0.25) is 0 Å². The quantitative estimate of drug-likeness (QED) is 0.567. The van der Waals surface area contributed by atoms with Crippen LogP contribution in [0.15, 0.2) is 16.8 Å². The summed E-state index contributed by atoms with van der Waals surface area (Å²) in [6.07, 6.45) is 1.48. The Kier molecular flexibility index (Phi) is 3.04. The molecule has 0 aliphatic carbocycles. The molecule has 0 saturated heterocycles. The fraction of sp³-hybridized carbons (Fsp3) is 0.200. The zero-order valence-corrected chi connectivity index (χ0v) is 11.5. The second-order valence-corrected chi connectivity index (χ2v) is 3.38. The van der Waals surface area contributed by atoms with Crippen molar-refractivity contribution in [2.75, 3.05) is 0 Å². The van der Waals surface area contributed by atoms with Gasteiger partial charge in [0.2, 0.25) is 0 Å². The molecule has 0 amide bonds. The molecule has 0 spiro atoms. The van der Waals surface area contributed by atoms with E-state index in [1.54, 1.807) is 24.7 Å². The van der Waals surface area contributed by atoms with E-state index in [2.05, 4.69) is 26.1 Å². The molecule has 0 unspecified atom stereocenters. The van der Waals surface area contributed by atoms with Crippen molar-refractivity contribution in [2.24, 2.45) is 7.05 Å². The molecule has 17 heavy (non-hydrogen) atoms. The van der Waals surface area contributed by atoms with Gasteiger partial charge in [-0.1, -0.05) is 0 Å². The third kappa shape index (κ3) is 1.99. The smallest absolute Gasteiger partial charge is 0.179 e. The normalized spacial score (nSPS) is 10.5. The number of aromatic nitrogens is 5. The summed E-state index contributed by atoms with van der Waals surface area (Å²) in [4.78, 5) is 12.6. The Labute approximate surface area is 110 Å². The van der Waals surface area contributed by atoms with E-state index >= 15 is 0 Å². The van der Waals surface area contributed by atoms with Crippen LogP contribution in [0.3, 0.4) is 0 Å². The third-order valence-corrected chi connectivity index (χ3v) is 2.22. The van der Waals surface area contributed by atoms with Gasteiger partial charge < -0.3 is 4.42 Å². The largest absolute Gasteiger partial charge is 0.501 e. The maximum absolute atomic E-state index is 5.32. The van der Waals surface area contributed by atoms with E-state index in [1.807, 2.05) is 0 Å². The number of fused-ring (bicyclic) bond motifs is 1. The molecule has 1 radical (unpaired) electrons. The summed E-state index contributed by atoms with van der Waals surface area (Å²) in [6, 6.07) is 4.71. The summed E-state index contributed by atoms with van der Waals surface area (Å²) in [5.41, 5.74) is 1.80. The molecule has 3 aromatic rings. The molecule has 6 nitrogen and oxygen atoms in total. The molecule has 0 saturated carbocycles. The van der Waals surface area contributed by atoms with Gasteiger partial charge in [0.1, 0.15) is 12.0 Å². The Hall–Kier alpha value is -1.59. The van der Waals surface area contributed by atoms with Gasteiger partial charge in [-0.25, -0.2) is 4.98 Å². The topological polar surface area (TPSA) is 69.6 Å². The zero-order valence-electron chi connectivity index (χ0n) is 9.13. The Morgan fingerprint density at radius 3 is 2.88 bits per heavy atom. The summed E-state index contributed by atoms with van der Waals surface area (Å²) >= 11 is 0. The standard InChI is InChI=1S/C10H8N5O.Ir/c1-6-13-9-8(16-6)4-3-7(14-9)10-11-5-12-15(10)2;/h4-5H,1-2H3;/q-1;. The van der Waals surface area contributed by atoms with Gasteiger partial charge in [-0.05, 0) is 5.69 Å². The van der Waals surface area contributed by atoms with E-state index in [1.165, 1.54) is 6.33 Å². The van der Waals surface area contributed by atoms with Crippen molar-refractivity contribution < 1.29 is 24.5 Å². The number of rotatable bonds is 1. The molecule has 0 aromatic carbocycles. The SMILES string of the molecule is Cc1nc2nc(-c3ncnn3C)[c-]cc2o1.[Ir]. The first-order chi connectivity index (χ1) is 7.74. The van der Waals surface area contributed by atoms with Crippen molar-refractivity contribution >= 4 is 11.2 Å². The van der Waals surface area contributed by atoms with Gasteiger partial charge >= 0.3 is 0 Å². The molecule has 3 aromatic heterocycles. The number of nitrogens with zero attached hydrogens (tertiary/aromatic N) is 5. The summed E-state index contributed by atoms with van der Waals surface area (Å²) in [7, 11) is 1.80. The zero-order chi connectivity index (χ0) is 11.1. The van der Waals surface area contributed by atoms with Gasteiger partial charge in [0, 0.05) is 34.1 Å². The molecule has 0 aliphatic heterocycles. The third-order valence-electron chi connectivity index (χ3n) is 2.22. The number of pyridine rings is 1. The number of hydrogen-bond donors (Lipinski definition) is 0. The van der Waals surface area contributed by atoms with Crippen molar-refractivity contribution in [1.29, 1.82) is 0 Å². The van der Waals surface area contributed by atoms with Gasteiger partial charge in [-0.2, -0.15) is 5.10 Å². The number of aryl methyl sites for hydroxylation is 2. The van der Waals surface area contributed by atoms with Crippen molar-refractivity contribution in [3.63, 3.8) is 0 Å². The van der Waals surface area contributed by atoms with Crippen LogP contribution in [0, 0.1) is 13.0 Å². The van der Waals surface area contributed by atoms with E-state index in [9.17, 15) is 0 Å². The second kappa shape index (κ2) is 4.35. The minimum Gasteiger partial charge on any atom is -0.501 e. The predicted molar refractivity (Wildman–Crippen MR) is 55.4 cm³/mol. The summed E-state index contributed by atoms with van der Waals surface area (Å²) in [6.45, 7) is 1.78.